The van der Waals surface area contributed by atoms with E-state index in [0.717, 1.165) is 17.8 Å². The van der Waals surface area contributed by atoms with Gasteiger partial charge >= 0.3 is 0 Å². The highest BCUT2D eigenvalue weighted by Gasteiger charge is 2.44. The van der Waals surface area contributed by atoms with Gasteiger partial charge in [-0.3, -0.25) is 0 Å². The lowest BCUT2D eigenvalue weighted by atomic mass is 9.92. The molecule has 0 aliphatic heterocycles. The summed E-state index contributed by atoms with van der Waals surface area (Å²) in [5.74, 6) is 2.54. The lowest BCUT2D eigenvalue weighted by Gasteiger charge is -2.28. The van der Waals surface area contributed by atoms with Gasteiger partial charge in [-0.2, -0.15) is 0 Å². The monoisotopic (exact) mass is 566 g/mol. The van der Waals surface area contributed by atoms with E-state index in [4.69, 9.17) is 0 Å². The summed E-state index contributed by atoms with van der Waals surface area (Å²) in [6.45, 7) is 9.63. The molecule has 0 aromatic heterocycles. The normalized spacial score (nSPS) is 13.2. The summed E-state index contributed by atoms with van der Waals surface area (Å²) in [6, 6.07) is 34.0. The molecule has 3 aromatic rings. The summed E-state index contributed by atoms with van der Waals surface area (Å²) in [5.41, 5.74) is 0. The van der Waals surface area contributed by atoms with Gasteiger partial charge < -0.3 is 17.0 Å². The van der Waals surface area contributed by atoms with Crippen LogP contribution in [0, 0.1) is 17.8 Å². The maximum Gasteiger partial charge on any atom is 0.112 e. The highest BCUT2D eigenvalue weighted by atomic mass is 79.9. The van der Waals surface area contributed by atoms with Gasteiger partial charge in [0, 0.05) is 0 Å². The fourth-order valence-electron chi connectivity index (χ4n) is 5.54. The van der Waals surface area contributed by atoms with Crippen molar-refractivity contribution >= 4 is 23.2 Å². The zero-order chi connectivity index (χ0) is 24.9. The number of hydrogen-bond donors (Lipinski definition) is 0. The van der Waals surface area contributed by atoms with Crippen LogP contribution in [-0.4, -0.2) is 6.16 Å². The first-order valence-electron chi connectivity index (χ1n) is 14.1. The van der Waals surface area contributed by atoms with Crippen molar-refractivity contribution in [2.24, 2.45) is 17.8 Å². The third-order valence-corrected chi connectivity index (χ3v) is 12.2. The molecule has 0 nitrogen and oxygen atoms in total. The van der Waals surface area contributed by atoms with E-state index in [1.165, 1.54) is 73.4 Å². The minimum atomic E-state index is -1.67. The molecule has 0 radical (unpaired) electrons. The van der Waals surface area contributed by atoms with Crippen LogP contribution in [0.5, 0.6) is 0 Å². The van der Waals surface area contributed by atoms with Gasteiger partial charge in [0.25, 0.3) is 0 Å². The fourth-order valence-corrected chi connectivity index (χ4v) is 9.91. The molecule has 2 unspecified atom stereocenters. The van der Waals surface area contributed by atoms with Crippen molar-refractivity contribution in [2.45, 2.75) is 79.1 Å². The van der Waals surface area contributed by atoms with Crippen LogP contribution >= 0.6 is 7.26 Å². The van der Waals surface area contributed by atoms with Crippen LogP contribution in [0.2, 0.25) is 0 Å². The van der Waals surface area contributed by atoms with Crippen molar-refractivity contribution in [3.63, 3.8) is 0 Å². The van der Waals surface area contributed by atoms with Crippen LogP contribution in [0.4, 0.5) is 0 Å². The largest absolute Gasteiger partial charge is 1.00 e. The van der Waals surface area contributed by atoms with Crippen molar-refractivity contribution in [1.82, 2.24) is 0 Å². The predicted molar refractivity (Wildman–Crippen MR) is 160 cm³/mol. The SMILES string of the molecule is CC(C)CCCC(C)CCCC(C)CCC[P+](c1ccccc1)(c1ccccc1)c1ccccc1.[Br-]. The second kappa shape index (κ2) is 16.4. The van der Waals surface area contributed by atoms with E-state index < -0.39 is 7.26 Å². The molecule has 2 heteroatoms. The quantitative estimate of drug-likeness (QED) is 0.197. The Bertz CT molecular complexity index is 842. The van der Waals surface area contributed by atoms with Crippen LogP contribution in [0.1, 0.15) is 79.1 Å². The van der Waals surface area contributed by atoms with Crippen molar-refractivity contribution in [1.29, 1.82) is 0 Å². The van der Waals surface area contributed by atoms with E-state index >= 15 is 0 Å². The molecule has 0 amide bonds. The third kappa shape index (κ3) is 9.15. The Balaban J connectivity index is 0.00000456. The molecule has 0 saturated carbocycles. The molecule has 0 aliphatic carbocycles. The van der Waals surface area contributed by atoms with Crippen LogP contribution in [-0.2, 0) is 0 Å². The van der Waals surface area contributed by atoms with Crippen molar-refractivity contribution in [3.8, 4) is 0 Å². The second-order valence-electron chi connectivity index (χ2n) is 11.1. The first-order chi connectivity index (χ1) is 17.0. The molecule has 0 heterocycles. The smallest absolute Gasteiger partial charge is 0.112 e. The summed E-state index contributed by atoms with van der Waals surface area (Å²) in [5, 5.41) is 4.54. The number of hydrogen-bond acceptors (Lipinski definition) is 0. The van der Waals surface area contributed by atoms with E-state index in [2.05, 4.69) is 119 Å². The Morgan fingerprint density at radius 3 is 1.17 bits per heavy atom. The van der Waals surface area contributed by atoms with Crippen LogP contribution in [0.15, 0.2) is 91.0 Å². The lowest BCUT2D eigenvalue weighted by molar-refractivity contribution is -0.00000758. The van der Waals surface area contributed by atoms with Crippen molar-refractivity contribution in [2.75, 3.05) is 6.16 Å². The van der Waals surface area contributed by atoms with Gasteiger partial charge in [-0.25, -0.2) is 0 Å². The number of benzene rings is 3. The van der Waals surface area contributed by atoms with E-state index in [9.17, 15) is 0 Å². The molecular weight excluding hydrogens is 519 g/mol. The van der Waals surface area contributed by atoms with Gasteiger partial charge in [-0.05, 0) is 67.0 Å². The van der Waals surface area contributed by atoms with Crippen molar-refractivity contribution < 1.29 is 17.0 Å². The fraction of sp³-hybridized carbons (Fsp3) is 0.471. The van der Waals surface area contributed by atoms with Crippen LogP contribution < -0.4 is 32.9 Å². The number of halogens is 1. The average molecular weight is 568 g/mol. The standard InChI is InChI=1S/C34H48P.BrH/c1-29(2)17-14-18-30(3)19-15-20-31(4)21-16-28-35(32-22-8-5-9-23-32,33-24-10-6-11-25-33)34-26-12-7-13-27-34;/h5-13,22-27,29-31H,14-21,28H2,1-4H3;1H/q+1;/p-1. The molecule has 3 aromatic carbocycles. The molecule has 3 rings (SSSR count). The minimum Gasteiger partial charge on any atom is -1.00 e. The summed E-state index contributed by atoms with van der Waals surface area (Å²) in [4.78, 5) is 0. The summed E-state index contributed by atoms with van der Waals surface area (Å²) < 4.78 is 0. The zero-order valence-electron chi connectivity index (χ0n) is 23.1. The maximum atomic E-state index is 2.48. The highest BCUT2D eigenvalue weighted by Crippen LogP contribution is 2.56. The first kappa shape index (κ1) is 30.8. The molecule has 0 N–H and O–H groups in total. The van der Waals surface area contributed by atoms with Gasteiger partial charge in [0.1, 0.15) is 23.2 Å². The highest BCUT2D eigenvalue weighted by molar-refractivity contribution is 7.95. The van der Waals surface area contributed by atoms with Gasteiger partial charge in [-0.15, -0.1) is 0 Å². The Kier molecular flexibility index (Phi) is 14.0. The third-order valence-electron chi connectivity index (χ3n) is 7.65. The van der Waals surface area contributed by atoms with E-state index in [-0.39, 0.29) is 17.0 Å². The average Bonchev–Trinajstić information content (AvgIpc) is 2.88. The first-order valence-corrected chi connectivity index (χ1v) is 16.0. The van der Waals surface area contributed by atoms with Crippen LogP contribution in [0.25, 0.3) is 0 Å². The predicted octanol–water partition coefficient (Wildman–Crippen LogP) is 6.03. The van der Waals surface area contributed by atoms with Gasteiger partial charge in [-0.1, -0.05) is 121 Å². The Morgan fingerprint density at radius 2 is 0.806 bits per heavy atom. The summed E-state index contributed by atoms with van der Waals surface area (Å²) in [7, 11) is -1.67. The topological polar surface area (TPSA) is 0 Å². The van der Waals surface area contributed by atoms with E-state index in [1.54, 1.807) is 0 Å². The molecule has 196 valence electrons. The molecule has 0 bridgehead atoms. The van der Waals surface area contributed by atoms with Crippen LogP contribution in [0.3, 0.4) is 0 Å². The number of rotatable bonds is 15. The Hall–Kier alpha value is -1.43. The van der Waals surface area contributed by atoms with Gasteiger partial charge in [0.05, 0.1) is 6.16 Å². The van der Waals surface area contributed by atoms with Gasteiger partial charge in [0.2, 0.25) is 0 Å². The van der Waals surface area contributed by atoms with Gasteiger partial charge in [0.15, 0.2) is 0 Å². The van der Waals surface area contributed by atoms with E-state index in [0.29, 0.717) is 0 Å². The van der Waals surface area contributed by atoms with Crippen molar-refractivity contribution in [3.05, 3.63) is 91.0 Å². The molecule has 0 aliphatic rings. The molecular formula is C34H48BrP. The second-order valence-corrected chi connectivity index (χ2v) is 14.8. The summed E-state index contributed by atoms with van der Waals surface area (Å²) >= 11 is 0. The summed E-state index contributed by atoms with van der Waals surface area (Å²) in [6.07, 6.45) is 12.2. The molecule has 0 spiro atoms. The zero-order valence-corrected chi connectivity index (χ0v) is 25.6. The minimum absolute atomic E-state index is 0. The lowest BCUT2D eigenvalue weighted by Crippen LogP contribution is -3.00. The maximum absolute atomic E-state index is 2.48. The molecule has 2 atom stereocenters. The Labute approximate surface area is 233 Å². The molecule has 36 heavy (non-hydrogen) atoms. The van der Waals surface area contributed by atoms with E-state index in [1.807, 2.05) is 0 Å². The molecule has 0 fully saturated rings. The Morgan fingerprint density at radius 1 is 0.472 bits per heavy atom. The molecule has 0 saturated heterocycles.